The molecule has 0 saturated carbocycles. The van der Waals surface area contributed by atoms with E-state index in [1.807, 2.05) is 94.6 Å². The van der Waals surface area contributed by atoms with Crippen molar-refractivity contribution in [3.8, 4) is 5.75 Å². The number of aryl methyl sites for hydroxylation is 1. The van der Waals surface area contributed by atoms with Crippen LogP contribution in [0.3, 0.4) is 0 Å². The number of nitrogens with one attached hydrogen (secondary N) is 1. The third-order valence-electron chi connectivity index (χ3n) is 7.61. The van der Waals surface area contributed by atoms with E-state index in [-0.39, 0.29) is 57.5 Å². The van der Waals surface area contributed by atoms with E-state index in [0.717, 1.165) is 33.3 Å². The third kappa shape index (κ3) is 7.66. The number of rotatable bonds is 9. The zero-order valence-corrected chi connectivity index (χ0v) is 28.0. The zero-order valence-electron chi connectivity index (χ0n) is 26.3. The molecule has 1 heterocycles. The number of halogens is 1. The molecule has 0 aliphatic carbocycles. The number of ketones is 1. The molecular formula is C35H44BrN3O4. The van der Waals surface area contributed by atoms with E-state index in [9.17, 15) is 14.7 Å². The number of imidazole rings is 1. The highest BCUT2D eigenvalue weighted by Crippen LogP contribution is 2.40. The number of ether oxygens (including phenoxy) is 1. The summed E-state index contributed by atoms with van der Waals surface area (Å²) >= 11 is 0. The highest BCUT2D eigenvalue weighted by Gasteiger charge is 2.28. The van der Waals surface area contributed by atoms with Crippen molar-refractivity contribution >= 4 is 39.8 Å². The second kappa shape index (κ2) is 13.3. The molecule has 43 heavy (non-hydrogen) atoms. The normalized spacial score (nSPS) is 11.8. The van der Waals surface area contributed by atoms with E-state index in [4.69, 9.17) is 10.1 Å². The molecule has 4 aromatic rings. The van der Waals surface area contributed by atoms with E-state index in [1.54, 1.807) is 23.6 Å². The minimum absolute atomic E-state index is 0. The SMILES string of the molecule is Br.CCOC(=O)CCc1ccc(Cn2c(=N)n(CC(=O)c3cc(C(C)(C)C)c(O)c(C(C)(C)C)c3)c3ccccc32)cc1. The second-order valence-electron chi connectivity index (χ2n) is 12.9. The Hall–Kier alpha value is -3.65. The summed E-state index contributed by atoms with van der Waals surface area (Å²) in [6.07, 6.45) is 0.957. The Balaban J connectivity index is 0.00000506. The van der Waals surface area contributed by atoms with Crippen LogP contribution in [0.15, 0.2) is 60.7 Å². The molecule has 0 aliphatic rings. The predicted octanol–water partition coefficient (Wildman–Crippen LogP) is 7.23. The van der Waals surface area contributed by atoms with Gasteiger partial charge in [0, 0.05) is 23.1 Å². The summed E-state index contributed by atoms with van der Waals surface area (Å²) in [7, 11) is 0. The molecule has 0 spiro atoms. The number of aromatic hydroxyl groups is 1. The number of fused-ring (bicyclic) bond motifs is 1. The molecule has 0 bridgehead atoms. The van der Waals surface area contributed by atoms with E-state index in [2.05, 4.69) is 0 Å². The van der Waals surface area contributed by atoms with Crippen molar-refractivity contribution in [3.05, 3.63) is 94.1 Å². The standard InChI is InChI=1S/C35H43N3O4.BrH/c1-8-42-31(40)18-17-23-13-15-24(16-14-23)21-37-28-11-9-10-12-29(28)38(33(37)36)22-30(39)25-19-26(34(2,3)4)32(41)27(20-25)35(5,6)7;/h9-16,19-20,36,41H,8,17-18,21-22H2,1-7H3;1H. The summed E-state index contributed by atoms with van der Waals surface area (Å²) < 4.78 is 8.69. The number of carbonyl (C=O) groups is 2. The van der Waals surface area contributed by atoms with E-state index < -0.39 is 0 Å². The lowest BCUT2D eigenvalue weighted by molar-refractivity contribution is -0.143. The van der Waals surface area contributed by atoms with Crippen molar-refractivity contribution in [2.24, 2.45) is 0 Å². The lowest BCUT2D eigenvalue weighted by Crippen LogP contribution is -2.28. The Labute approximate surface area is 264 Å². The van der Waals surface area contributed by atoms with Crippen molar-refractivity contribution in [2.75, 3.05) is 6.61 Å². The van der Waals surface area contributed by atoms with Crippen LogP contribution in [0, 0.1) is 5.41 Å². The summed E-state index contributed by atoms with van der Waals surface area (Å²) in [6, 6.07) is 19.4. The highest BCUT2D eigenvalue weighted by atomic mass is 79.9. The lowest BCUT2D eigenvalue weighted by atomic mass is 9.78. The summed E-state index contributed by atoms with van der Waals surface area (Å²) in [6.45, 7) is 14.8. The Morgan fingerprint density at radius 1 is 0.837 bits per heavy atom. The van der Waals surface area contributed by atoms with Crippen LogP contribution in [-0.2, 0) is 39.9 Å². The van der Waals surface area contributed by atoms with Crippen LogP contribution >= 0.6 is 17.0 Å². The number of phenolic OH excluding ortho intramolecular Hbond substituents is 1. The Bertz CT molecular complexity index is 1630. The van der Waals surface area contributed by atoms with E-state index >= 15 is 0 Å². The van der Waals surface area contributed by atoms with Gasteiger partial charge in [0.2, 0.25) is 5.62 Å². The highest BCUT2D eigenvalue weighted by molar-refractivity contribution is 8.93. The average Bonchev–Trinajstić information content (AvgIpc) is 3.17. The number of aromatic nitrogens is 2. The van der Waals surface area contributed by atoms with Gasteiger partial charge >= 0.3 is 5.97 Å². The Kier molecular flexibility index (Phi) is 10.5. The molecular weight excluding hydrogens is 606 g/mol. The minimum atomic E-state index is -0.349. The summed E-state index contributed by atoms with van der Waals surface area (Å²) in [5, 5.41) is 20.2. The first-order chi connectivity index (χ1) is 19.7. The molecule has 0 atom stereocenters. The third-order valence-corrected chi connectivity index (χ3v) is 7.61. The first kappa shape index (κ1) is 33.8. The van der Waals surface area contributed by atoms with Gasteiger partial charge in [0.05, 0.1) is 30.7 Å². The zero-order chi connectivity index (χ0) is 30.8. The number of Topliss-reactive ketones (excluding diaryl/α,β-unsaturated/α-hetero) is 1. The number of carbonyl (C=O) groups excluding carboxylic acids is 2. The molecule has 8 heteroatoms. The fourth-order valence-electron chi connectivity index (χ4n) is 5.26. The summed E-state index contributed by atoms with van der Waals surface area (Å²) in [5.41, 5.74) is 5.30. The van der Waals surface area contributed by atoms with Crippen molar-refractivity contribution in [1.82, 2.24) is 9.13 Å². The first-order valence-corrected chi connectivity index (χ1v) is 14.6. The van der Waals surface area contributed by atoms with Crippen molar-refractivity contribution in [1.29, 1.82) is 5.41 Å². The van der Waals surface area contributed by atoms with Gasteiger partial charge < -0.3 is 19.0 Å². The van der Waals surface area contributed by atoms with Gasteiger partial charge in [-0.05, 0) is 59.6 Å². The van der Waals surface area contributed by atoms with Crippen LogP contribution in [0.1, 0.15) is 87.5 Å². The fraction of sp³-hybridized carbons (Fsp3) is 0.400. The average molecular weight is 651 g/mol. The van der Waals surface area contributed by atoms with Gasteiger partial charge in [-0.2, -0.15) is 0 Å². The number of nitrogens with zero attached hydrogens (tertiary/aromatic N) is 2. The van der Waals surface area contributed by atoms with Crippen LogP contribution in [0.25, 0.3) is 11.0 Å². The van der Waals surface area contributed by atoms with Crippen LogP contribution in [0.5, 0.6) is 5.75 Å². The molecule has 0 fully saturated rings. The van der Waals surface area contributed by atoms with Gasteiger partial charge in [-0.25, -0.2) is 0 Å². The summed E-state index contributed by atoms with van der Waals surface area (Å²) in [4.78, 5) is 25.5. The van der Waals surface area contributed by atoms with Gasteiger partial charge in [-0.15, -0.1) is 17.0 Å². The molecule has 3 aromatic carbocycles. The predicted molar refractivity (Wildman–Crippen MR) is 176 cm³/mol. The summed E-state index contributed by atoms with van der Waals surface area (Å²) in [5.74, 6) is -0.0721. The van der Waals surface area contributed by atoms with Crippen LogP contribution in [0.2, 0.25) is 0 Å². The van der Waals surface area contributed by atoms with Crippen LogP contribution < -0.4 is 5.62 Å². The fourth-order valence-corrected chi connectivity index (χ4v) is 5.26. The second-order valence-corrected chi connectivity index (χ2v) is 12.9. The molecule has 4 rings (SSSR count). The topological polar surface area (TPSA) is 97.3 Å². The maximum absolute atomic E-state index is 13.8. The molecule has 0 saturated heterocycles. The smallest absolute Gasteiger partial charge is 0.306 e. The van der Waals surface area contributed by atoms with Crippen LogP contribution in [-0.4, -0.2) is 32.6 Å². The molecule has 1 aromatic heterocycles. The number of para-hydroxylation sites is 2. The molecule has 0 unspecified atom stereocenters. The maximum Gasteiger partial charge on any atom is 0.306 e. The quantitative estimate of drug-likeness (QED) is 0.148. The number of phenols is 1. The van der Waals surface area contributed by atoms with Crippen LogP contribution in [0.4, 0.5) is 0 Å². The molecule has 2 N–H and O–H groups in total. The molecule has 7 nitrogen and oxygen atoms in total. The monoisotopic (exact) mass is 649 g/mol. The van der Waals surface area contributed by atoms with E-state index in [1.165, 1.54) is 0 Å². The molecule has 0 aliphatic heterocycles. The molecule has 230 valence electrons. The lowest BCUT2D eigenvalue weighted by Gasteiger charge is -2.28. The number of hydrogen-bond donors (Lipinski definition) is 2. The van der Waals surface area contributed by atoms with Gasteiger partial charge in [0.1, 0.15) is 5.75 Å². The maximum atomic E-state index is 13.8. The van der Waals surface area contributed by atoms with Gasteiger partial charge in [0.25, 0.3) is 0 Å². The first-order valence-electron chi connectivity index (χ1n) is 14.6. The van der Waals surface area contributed by atoms with Gasteiger partial charge in [0.15, 0.2) is 5.78 Å². The van der Waals surface area contributed by atoms with Gasteiger partial charge in [-0.3, -0.25) is 15.0 Å². The van der Waals surface area contributed by atoms with Crippen molar-refractivity contribution in [2.45, 2.75) is 85.2 Å². The Morgan fingerprint density at radius 2 is 1.35 bits per heavy atom. The Morgan fingerprint density at radius 3 is 1.86 bits per heavy atom. The largest absolute Gasteiger partial charge is 0.507 e. The molecule has 0 radical (unpaired) electrons. The number of hydrogen-bond acceptors (Lipinski definition) is 5. The van der Waals surface area contributed by atoms with E-state index in [0.29, 0.717) is 31.6 Å². The number of esters is 1. The molecule has 0 amide bonds. The van der Waals surface area contributed by atoms with Crippen molar-refractivity contribution < 1.29 is 19.4 Å². The van der Waals surface area contributed by atoms with Crippen molar-refractivity contribution in [3.63, 3.8) is 0 Å². The number of benzene rings is 3. The van der Waals surface area contributed by atoms with Gasteiger partial charge in [-0.1, -0.05) is 77.9 Å². The minimum Gasteiger partial charge on any atom is -0.507 e.